The van der Waals surface area contributed by atoms with E-state index in [1.54, 1.807) is 18.2 Å². The van der Waals surface area contributed by atoms with Crippen molar-refractivity contribution in [2.24, 2.45) is 0 Å². The number of nitrogen functional groups attached to an aromatic ring is 1. The van der Waals surface area contributed by atoms with Gasteiger partial charge in [-0.2, -0.15) is 13.2 Å². The van der Waals surface area contributed by atoms with Crippen LogP contribution in [0.15, 0.2) is 48.0 Å². The van der Waals surface area contributed by atoms with Crippen molar-refractivity contribution < 1.29 is 22.0 Å². The quantitative estimate of drug-likeness (QED) is 0.287. The summed E-state index contributed by atoms with van der Waals surface area (Å²) in [6.45, 7) is 0.898. The number of anilines is 3. The highest BCUT2D eigenvalue weighted by atomic mass is 19.4. The first kappa shape index (κ1) is 22.5. The second-order valence-electron chi connectivity index (χ2n) is 8.83. The van der Waals surface area contributed by atoms with Gasteiger partial charge in [-0.3, -0.25) is 0 Å². The summed E-state index contributed by atoms with van der Waals surface area (Å²) in [5.41, 5.74) is 9.73. The lowest BCUT2D eigenvalue weighted by molar-refractivity contribution is -0.0944. The third-order valence-electron chi connectivity index (χ3n) is 6.52. The molecule has 1 aromatic heterocycles. The molecule has 0 amide bonds. The number of nitrogens with two attached hydrogens (primary N) is 1. The minimum Gasteiger partial charge on any atom is -0.399 e. The van der Waals surface area contributed by atoms with E-state index in [2.05, 4.69) is 9.97 Å². The second-order valence-corrected chi connectivity index (χ2v) is 8.83. The fourth-order valence-electron chi connectivity index (χ4n) is 4.57. The fourth-order valence-corrected chi connectivity index (χ4v) is 4.57. The molecule has 0 bridgehead atoms. The number of hydrogen-bond acceptors (Lipinski definition) is 4. The Morgan fingerprint density at radius 2 is 1.74 bits per heavy atom. The maximum Gasteiger partial charge on any atom is 0.412 e. The van der Waals surface area contributed by atoms with E-state index in [0.29, 0.717) is 22.7 Å². The zero-order chi connectivity index (χ0) is 24.1. The number of hydrogen-bond donors (Lipinski definition) is 2. The molecule has 1 saturated heterocycles. The van der Waals surface area contributed by atoms with Gasteiger partial charge in [0, 0.05) is 61.5 Å². The van der Waals surface area contributed by atoms with Crippen LogP contribution in [-0.4, -0.2) is 48.2 Å². The Kier molecular flexibility index (Phi) is 5.41. The number of aromatic nitrogens is 2. The Labute approximate surface area is 193 Å². The van der Waals surface area contributed by atoms with Crippen LogP contribution in [0.4, 0.5) is 39.0 Å². The third-order valence-corrected chi connectivity index (χ3v) is 6.52. The molecule has 0 radical (unpaired) electrons. The van der Waals surface area contributed by atoms with E-state index in [-0.39, 0.29) is 45.4 Å². The zero-order valence-corrected chi connectivity index (χ0v) is 18.3. The fraction of sp³-hybridized carbons (Fsp3) is 0.375. The Morgan fingerprint density at radius 1 is 0.971 bits per heavy atom. The van der Waals surface area contributed by atoms with Gasteiger partial charge in [0.1, 0.15) is 5.82 Å². The van der Waals surface area contributed by atoms with E-state index in [4.69, 9.17) is 5.73 Å². The summed E-state index contributed by atoms with van der Waals surface area (Å²) in [5, 5.41) is 0. The van der Waals surface area contributed by atoms with Gasteiger partial charge >= 0.3 is 6.18 Å². The van der Waals surface area contributed by atoms with Crippen molar-refractivity contribution in [1.29, 1.82) is 0 Å². The van der Waals surface area contributed by atoms with Crippen LogP contribution in [0, 0.1) is 0 Å². The number of nitrogens with zero attached hydrogens (tertiary/aromatic N) is 3. The van der Waals surface area contributed by atoms with Crippen LogP contribution in [0.3, 0.4) is 0 Å². The molecule has 3 heterocycles. The number of H-pyrrole nitrogens is 1. The van der Waals surface area contributed by atoms with Gasteiger partial charge in [0.2, 0.25) is 0 Å². The molecule has 3 aromatic rings. The molecular weight excluding hydrogens is 453 g/mol. The van der Waals surface area contributed by atoms with Crippen LogP contribution in [0.1, 0.15) is 19.3 Å². The number of alkyl halides is 5. The minimum atomic E-state index is -4.31. The molecule has 0 saturated carbocycles. The van der Waals surface area contributed by atoms with Gasteiger partial charge in [0.05, 0.1) is 16.7 Å². The van der Waals surface area contributed by atoms with Gasteiger partial charge in [-0.1, -0.05) is 6.08 Å². The summed E-state index contributed by atoms with van der Waals surface area (Å²) in [6.07, 6.45) is -3.55. The Bertz CT molecular complexity index is 1240. The van der Waals surface area contributed by atoms with Gasteiger partial charge in [-0.25, -0.2) is 13.8 Å². The zero-order valence-electron chi connectivity index (χ0n) is 18.3. The Morgan fingerprint density at radius 3 is 2.41 bits per heavy atom. The highest BCUT2D eigenvalue weighted by Gasteiger charge is 2.35. The normalized spacial score (nSPS) is 18.9. The van der Waals surface area contributed by atoms with Gasteiger partial charge in [0.25, 0.3) is 5.92 Å². The first-order valence-corrected chi connectivity index (χ1v) is 11.1. The molecule has 1 fully saturated rings. The van der Waals surface area contributed by atoms with E-state index < -0.39 is 17.7 Å². The Balaban J connectivity index is 1.45. The molecule has 10 heteroatoms. The molecule has 3 N–H and O–H groups in total. The predicted octanol–water partition coefficient (Wildman–Crippen LogP) is 5.75. The number of imidazole rings is 1. The van der Waals surface area contributed by atoms with Crippen molar-refractivity contribution >= 4 is 28.1 Å². The van der Waals surface area contributed by atoms with Crippen LogP contribution >= 0.6 is 0 Å². The smallest absolute Gasteiger partial charge is 0.399 e. The Hall–Kier alpha value is -3.30. The van der Waals surface area contributed by atoms with E-state index in [0.717, 1.165) is 16.8 Å². The van der Waals surface area contributed by atoms with Crippen molar-refractivity contribution in [3.63, 3.8) is 0 Å². The molecular formula is C24H24F5N5. The molecule has 0 unspecified atom stereocenters. The summed E-state index contributed by atoms with van der Waals surface area (Å²) < 4.78 is 66.2. The number of rotatable bonds is 3. The average molecular weight is 477 g/mol. The van der Waals surface area contributed by atoms with Crippen LogP contribution in [0.5, 0.6) is 0 Å². The maximum absolute atomic E-state index is 13.5. The van der Waals surface area contributed by atoms with Crippen molar-refractivity contribution in [2.75, 3.05) is 41.7 Å². The van der Waals surface area contributed by atoms with Crippen molar-refractivity contribution in [1.82, 2.24) is 9.97 Å². The number of fused-ring (bicyclic) bond motifs is 1. The average Bonchev–Trinajstić information content (AvgIpc) is 3.21. The van der Waals surface area contributed by atoms with Crippen molar-refractivity contribution in [2.45, 2.75) is 31.4 Å². The van der Waals surface area contributed by atoms with Gasteiger partial charge in [-0.05, 0) is 42.8 Å². The lowest BCUT2D eigenvalue weighted by Crippen LogP contribution is -2.39. The topological polar surface area (TPSA) is 61.2 Å². The van der Waals surface area contributed by atoms with Crippen LogP contribution in [0.2, 0.25) is 0 Å². The highest BCUT2D eigenvalue weighted by Crippen LogP contribution is 2.37. The monoisotopic (exact) mass is 477 g/mol. The predicted molar refractivity (Wildman–Crippen MR) is 123 cm³/mol. The number of piperidine rings is 1. The lowest BCUT2D eigenvalue weighted by atomic mass is 10.0. The van der Waals surface area contributed by atoms with E-state index >= 15 is 0 Å². The second kappa shape index (κ2) is 8.18. The van der Waals surface area contributed by atoms with Gasteiger partial charge in [0.15, 0.2) is 0 Å². The number of aromatic amines is 1. The number of halogens is 5. The van der Waals surface area contributed by atoms with Crippen LogP contribution in [-0.2, 0) is 0 Å². The molecule has 0 aliphatic carbocycles. The van der Waals surface area contributed by atoms with Crippen molar-refractivity contribution in [3.05, 3.63) is 48.0 Å². The molecule has 2 aliphatic rings. The first-order valence-electron chi connectivity index (χ1n) is 11.1. The van der Waals surface area contributed by atoms with Gasteiger partial charge < -0.3 is 20.5 Å². The molecule has 180 valence electrons. The van der Waals surface area contributed by atoms with Crippen LogP contribution < -0.4 is 15.5 Å². The van der Waals surface area contributed by atoms with Gasteiger partial charge in [-0.15, -0.1) is 0 Å². The molecule has 2 aromatic carbocycles. The van der Waals surface area contributed by atoms with Crippen LogP contribution in [0.25, 0.3) is 22.4 Å². The summed E-state index contributed by atoms with van der Waals surface area (Å²) in [5.74, 6) is -2.05. The molecule has 5 rings (SSSR count). The van der Waals surface area contributed by atoms with Crippen molar-refractivity contribution in [3.8, 4) is 11.4 Å². The molecule has 34 heavy (non-hydrogen) atoms. The third kappa shape index (κ3) is 4.41. The van der Waals surface area contributed by atoms with E-state index in [9.17, 15) is 22.0 Å². The summed E-state index contributed by atoms with van der Waals surface area (Å²) in [6, 6.07) is 10.9. The largest absolute Gasteiger partial charge is 0.412 e. The van der Waals surface area contributed by atoms with E-state index in [1.807, 2.05) is 28.0 Å². The summed E-state index contributed by atoms with van der Waals surface area (Å²) in [7, 11) is 0. The summed E-state index contributed by atoms with van der Waals surface area (Å²) >= 11 is 0. The molecule has 5 nitrogen and oxygen atoms in total. The molecule has 2 aliphatic heterocycles. The first-order chi connectivity index (χ1) is 16.1. The maximum atomic E-state index is 13.5. The number of benzene rings is 2. The molecule has 0 atom stereocenters. The SMILES string of the molecule is Nc1ccc(-c2nc3ccc(N4CCC(F)(F)CC4)cc3[nH]2)c(N2CC=C(C(F)(F)F)CC2)c1. The minimum absolute atomic E-state index is 0.101. The molecule has 0 spiro atoms. The van der Waals surface area contributed by atoms with E-state index in [1.165, 1.54) is 6.08 Å². The lowest BCUT2D eigenvalue weighted by Gasteiger charge is -2.33. The highest BCUT2D eigenvalue weighted by molar-refractivity contribution is 5.86. The standard InChI is InChI=1S/C24H24F5N5/c25-23(26)7-11-33(12-8-23)17-2-4-19-20(14-17)32-22(31-19)18-3-1-16(30)13-21(18)34-9-5-15(6-10-34)24(27,28)29/h1-5,13-14H,6-12,30H2,(H,31,32). The number of nitrogens with one attached hydrogen (secondary N) is 1. The summed E-state index contributed by atoms with van der Waals surface area (Å²) in [4.78, 5) is 11.8.